The smallest absolute Gasteiger partial charge is 0.240 e. The number of nitrogens with two attached hydrogens (primary N) is 1. The Labute approximate surface area is 142 Å². The van der Waals surface area contributed by atoms with Gasteiger partial charge in [-0.05, 0) is 48.1 Å². The molecule has 0 bridgehead atoms. The normalized spacial score (nSPS) is 15.2. The summed E-state index contributed by atoms with van der Waals surface area (Å²) in [5.74, 6) is -0.00271. The number of rotatable bonds is 3. The predicted molar refractivity (Wildman–Crippen MR) is 93.4 cm³/mol. The van der Waals surface area contributed by atoms with Crippen molar-refractivity contribution in [1.82, 2.24) is 4.90 Å². The molecule has 3 rings (SSSR count). The zero-order chi connectivity index (χ0) is 16.4. The summed E-state index contributed by atoms with van der Waals surface area (Å²) < 4.78 is 0. The average Bonchev–Trinajstić information content (AvgIpc) is 2.56. The standard InChI is InChI=1S/C19H21ClN2O/c1-13-5-4-7-15-12-22(10-9-16(13)15)19(23)18(21)11-14-6-2-3-8-17(14)20/h2-8,18H,9-12,21H2,1H3. The molecule has 0 aliphatic carbocycles. The van der Waals surface area contributed by atoms with Crippen LogP contribution in [0.1, 0.15) is 22.3 Å². The summed E-state index contributed by atoms with van der Waals surface area (Å²) in [6.07, 6.45) is 1.36. The zero-order valence-electron chi connectivity index (χ0n) is 13.3. The number of nitrogens with zero attached hydrogens (tertiary/aromatic N) is 1. The third kappa shape index (κ3) is 3.41. The van der Waals surface area contributed by atoms with Crippen molar-refractivity contribution in [3.05, 3.63) is 69.7 Å². The van der Waals surface area contributed by atoms with Gasteiger partial charge in [-0.25, -0.2) is 0 Å². The van der Waals surface area contributed by atoms with Gasteiger partial charge < -0.3 is 10.6 Å². The molecular weight excluding hydrogens is 308 g/mol. The number of fused-ring (bicyclic) bond motifs is 1. The molecule has 2 aromatic carbocycles. The fourth-order valence-corrected chi connectivity index (χ4v) is 3.42. The summed E-state index contributed by atoms with van der Waals surface area (Å²) in [5.41, 5.74) is 11.0. The van der Waals surface area contributed by atoms with Crippen molar-refractivity contribution in [1.29, 1.82) is 0 Å². The van der Waals surface area contributed by atoms with Gasteiger partial charge in [-0.15, -0.1) is 0 Å². The van der Waals surface area contributed by atoms with Crippen LogP contribution in [0.2, 0.25) is 5.02 Å². The van der Waals surface area contributed by atoms with E-state index in [0.29, 0.717) is 18.0 Å². The molecule has 0 saturated heterocycles. The third-order valence-corrected chi connectivity index (χ3v) is 4.90. The molecule has 0 aromatic heterocycles. The minimum absolute atomic E-state index is 0.00271. The number of carbonyl (C=O) groups excluding carboxylic acids is 1. The summed E-state index contributed by atoms with van der Waals surface area (Å²) in [6.45, 7) is 3.50. The molecule has 3 nitrogen and oxygen atoms in total. The van der Waals surface area contributed by atoms with E-state index in [0.717, 1.165) is 18.5 Å². The van der Waals surface area contributed by atoms with Crippen LogP contribution < -0.4 is 5.73 Å². The van der Waals surface area contributed by atoms with Crippen LogP contribution in [0.4, 0.5) is 0 Å². The first-order valence-corrected chi connectivity index (χ1v) is 8.29. The molecule has 2 N–H and O–H groups in total. The molecule has 1 atom stereocenters. The summed E-state index contributed by atoms with van der Waals surface area (Å²) in [4.78, 5) is 14.5. The van der Waals surface area contributed by atoms with Crippen LogP contribution in [-0.4, -0.2) is 23.4 Å². The molecule has 0 spiro atoms. The Morgan fingerprint density at radius 2 is 2.04 bits per heavy atom. The van der Waals surface area contributed by atoms with Gasteiger partial charge in [0.1, 0.15) is 0 Å². The van der Waals surface area contributed by atoms with Crippen molar-refractivity contribution in [2.75, 3.05) is 6.54 Å². The Hall–Kier alpha value is -1.84. The first-order chi connectivity index (χ1) is 11.1. The second kappa shape index (κ2) is 6.73. The number of benzene rings is 2. The van der Waals surface area contributed by atoms with Crippen molar-refractivity contribution >= 4 is 17.5 Å². The van der Waals surface area contributed by atoms with Crippen LogP contribution in [0.15, 0.2) is 42.5 Å². The van der Waals surface area contributed by atoms with Gasteiger partial charge >= 0.3 is 0 Å². The Morgan fingerprint density at radius 3 is 2.83 bits per heavy atom. The van der Waals surface area contributed by atoms with E-state index in [1.807, 2.05) is 35.2 Å². The monoisotopic (exact) mass is 328 g/mol. The molecular formula is C19H21ClN2O. The summed E-state index contributed by atoms with van der Waals surface area (Å²) in [7, 11) is 0. The van der Waals surface area contributed by atoms with E-state index in [1.165, 1.54) is 16.7 Å². The second-order valence-corrected chi connectivity index (χ2v) is 6.53. The maximum Gasteiger partial charge on any atom is 0.240 e. The topological polar surface area (TPSA) is 46.3 Å². The van der Waals surface area contributed by atoms with Gasteiger partial charge in [0.25, 0.3) is 0 Å². The van der Waals surface area contributed by atoms with Crippen LogP contribution in [0, 0.1) is 6.92 Å². The quantitative estimate of drug-likeness (QED) is 0.941. The lowest BCUT2D eigenvalue weighted by atomic mass is 9.94. The molecule has 1 aliphatic rings. The van der Waals surface area contributed by atoms with E-state index in [4.69, 9.17) is 17.3 Å². The third-order valence-electron chi connectivity index (χ3n) is 4.53. The van der Waals surface area contributed by atoms with Gasteiger partial charge in [-0.2, -0.15) is 0 Å². The molecule has 1 heterocycles. The molecule has 120 valence electrons. The Bertz CT molecular complexity index is 729. The van der Waals surface area contributed by atoms with E-state index in [2.05, 4.69) is 19.1 Å². The van der Waals surface area contributed by atoms with E-state index in [9.17, 15) is 4.79 Å². The van der Waals surface area contributed by atoms with Crippen molar-refractivity contribution in [3.8, 4) is 0 Å². The van der Waals surface area contributed by atoms with Gasteiger partial charge in [0.15, 0.2) is 0 Å². The van der Waals surface area contributed by atoms with Crippen LogP contribution in [0.3, 0.4) is 0 Å². The van der Waals surface area contributed by atoms with E-state index >= 15 is 0 Å². The van der Waals surface area contributed by atoms with Crippen LogP contribution in [0.25, 0.3) is 0 Å². The van der Waals surface area contributed by atoms with E-state index < -0.39 is 6.04 Å². The fraction of sp³-hybridized carbons (Fsp3) is 0.316. The Kier molecular flexibility index (Phi) is 4.69. The average molecular weight is 329 g/mol. The first-order valence-electron chi connectivity index (χ1n) is 7.91. The van der Waals surface area contributed by atoms with Crippen LogP contribution in [-0.2, 0) is 24.2 Å². The molecule has 0 saturated carbocycles. The first kappa shape index (κ1) is 16.0. The molecule has 0 fully saturated rings. The van der Waals surface area contributed by atoms with E-state index in [1.54, 1.807) is 0 Å². The SMILES string of the molecule is Cc1cccc2c1CCN(C(=O)C(N)Cc1ccccc1Cl)C2. The molecule has 23 heavy (non-hydrogen) atoms. The lowest BCUT2D eigenvalue weighted by Gasteiger charge is -2.31. The zero-order valence-corrected chi connectivity index (χ0v) is 14.0. The molecule has 0 radical (unpaired) electrons. The highest BCUT2D eigenvalue weighted by atomic mass is 35.5. The highest BCUT2D eigenvalue weighted by molar-refractivity contribution is 6.31. The number of amides is 1. The summed E-state index contributed by atoms with van der Waals surface area (Å²) in [5, 5.41) is 0.662. The molecule has 2 aromatic rings. The maximum absolute atomic E-state index is 12.7. The van der Waals surface area contributed by atoms with Crippen molar-refractivity contribution in [3.63, 3.8) is 0 Å². The van der Waals surface area contributed by atoms with Gasteiger partial charge in [0.05, 0.1) is 6.04 Å². The van der Waals surface area contributed by atoms with Crippen LogP contribution in [0.5, 0.6) is 0 Å². The Morgan fingerprint density at radius 1 is 1.26 bits per heavy atom. The van der Waals surface area contributed by atoms with Crippen molar-refractivity contribution < 1.29 is 4.79 Å². The molecule has 4 heteroatoms. The number of carbonyl (C=O) groups is 1. The minimum Gasteiger partial charge on any atom is -0.337 e. The lowest BCUT2D eigenvalue weighted by Crippen LogP contribution is -2.46. The van der Waals surface area contributed by atoms with Gasteiger partial charge in [0, 0.05) is 18.1 Å². The highest BCUT2D eigenvalue weighted by Gasteiger charge is 2.26. The maximum atomic E-state index is 12.7. The highest BCUT2D eigenvalue weighted by Crippen LogP contribution is 2.23. The van der Waals surface area contributed by atoms with Gasteiger partial charge in [-0.3, -0.25) is 4.79 Å². The fourth-order valence-electron chi connectivity index (χ4n) is 3.21. The minimum atomic E-state index is -0.554. The molecule has 1 amide bonds. The van der Waals surface area contributed by atoms with Crippen molar-refractivity contribution in [2.24, 2.45) is 5.73 Å². The van der Waals surface area contributed by atoms with Crippen molar-refractivity contribution in [2.45, 2.75) is 32.4 Å². The summed E-state index contributed by atoms with van der Waals surface area (Å²) >= 11 is 6.16. The van der Waals surface area contributed by atoms with E-state index in [-0.39, 0.29) is 5.91 Å². The lowest BCUT2D eigenvalue weighted by molar-refractivity contribution is -0.133. The van der Waals surface area contributed by atoms with Crippen LogP contribution >= 0.6 is 11.6 Å². The number of halogens is 1. The molecule has 1 unspecified atom stereocenters. The van der Waals surface area contributed by atoms with Gasteiger partial charge in [-0.1, -0.05) is 48.0 Å². The number of hydrogen-bond donors (Lipinski definition) is 1. The molecule has 1 aliphatic heterocycles. The van der Waals surface area contributed by atoms with Gasteiger partial charge in [0.2, 0.25) is 5.91 Å². The largest absolute Gasteiger partial charge is 0.337 e. The Balaban J connectivity index is 1.70. The summed E-state index contributed by atoms with van der Waals surface area (Å²) in [6, 6.07) is 13.3. The number of hydrogen-bond acceptors (Lipinski definition) is 2. The number of aryl methyl sites for hydroxylation is 1. The predicted octanol–water partition coefficient (Wildman–Crippen LogP) is 3.10. The second-order valence-electron chi connectivity index (χ2n) is 6.12.